The minimum absolute atomic E-state index is 0.00446. The minimum Gasteiger partial charge on any atom is -0.468 e. The SMILES string of the molecule is O=c1[nH]c2ccc(S(=O)(=O)N(Cc3ccccc3)Cc3ccco3)cc2[nH]c1=O. The van der Waals surface area contributed by atoms with E-state index < -0.39 is 21.1 Å². The van der Waals surface area contributed by atoms with Crippen molar-refractivity contribution in [2.45, 2.75) is 18.0 Å². The molecule has 0 bridgehead atoms. The second kappa shape index (κ2) is 7.53. The average molecular weight is 411 g/mol. The molecule has 0 saturated carbocycles. The largest absolute Gasteiger partial charge is 0.468 e. The van der Waals surface area contributed by atoms with E-state index in [4.69, 9.17) is 4.42 Å². The van der Waals surface area contributed by atoms with Gasteiger partial charge in [-0.15, -0.1) is 0 Å². The van der Waals surface area contributed by atoms with Crippen molar-refractivity contribution in [3.05, 3.63) is 99.0 Å². The van der Waals surface area contributed by atoms with Gasteiger partial charge in [-0.05, 0) is 35.9 Å². The zero-order valence-electron chi connectivity index (χ0n) is 15.2. The zero-order valence-corrected chi connectivity index (χ0v) is 16.0. The van der Waals surface area contributed by atoms with Gasteiger partial charge in [-0.25, -0.2) is 8.42 Å². The maximum Gasteiger partial charge on any atom is 0.314 e. The first-order chi connectivity index (χ1) is 13.9. The molecule has 29 heavy (non-hydrogen) atoms. The summed E-state index contributed by atoms with van der Waals surface area (Å²) in [6.45, 7) is 0.189. The van der Waals surface area contributed by atoms with Crippen molar-refractivity contribution < 1.29 is 12.8 Å². The number of furan rings is 1. The van der Waals surface area contributed by atoms with E-state index in [0.29, 0.717) is 11.3 Å². The van der Waals surface area contributed by atoms with Gasteiger partial charge in [0.25, 0.3) is 0 Å². The second-order valence-corrected chi connectivity index (χ2v) is 8.39. The van der Waals surface area contributed by atoms with Crippen LogP contribution >= 0.6 is 0 Å². The molecular formula is C20H17N3O5S. The van der Waals surface area contributed by atoms with Crippen LogP contribution in [0.3, 0.4) is 0 Å². The molecular weight excluding hydrogens is 394 g/mol. The van der Waals surface area contributed by atoms with Crippen LogP contribution in [0, 0.1) is 0 Å². The highest BCUT2D eigenvalue weighted by Gasteiger charge is 2.26. The van der Waals surface area contributed by atoms with Crippen LogP contribution in [0.4, 0.5) is 0 Å². The highest BCUT2D eigenvalue weighted by atomic mass is 32.2. The lowest BCUT2D eigenvalue weighted by Gasteiger charge is -2.21. The van der Waals surface area contributed by atoms with Crippen LogP contribution < -0.4 is 11.1 Å². The molecule has 0 aliphatic heterocycles. The number of aromatic amines is 2. The minimum atomic E-state index is -3.93. The van der Waals surface area contributed by atoms with Gasteiger partial charge in [-0.2, -0.15) is 4.31 Å². The molecule has 0 aliphatic carbocycles. The van der Waals surface area contributed by atoms with E-state index >= 15 is 0 Å². The van der Waals surface area contributed by atoms with Crippen LogP contribution in [-0.4, -0.2) is 22.7 Å². The van der Waals surface area contributed by atoms with Crippen LogP contribution in [0.25, 0.3) is 11.0 Å². The van der Waals surface area contributed by atoms with Crippen molar-refractivity contribution in [1.29, 1.82) is 0 Å². The van der Waals surface area contributed by atoms with Crippen molar-refractivity contribution in [1.82, 2.24) is 14.3 Å². The maximum atomic E-state index is 13.4. The predicted octanol–water partition coefficient (Wildman–Crippen LogP) is 2.20. The van der Waals surface area contributed by atoms with Crippen LogP contribution in [0.5, 0.6) is 0 Å². The molecule has 148 valence electrons. The molecule has 0 spiro atoms. The number of benzene rings is 2. The first-order valence-electron chi connectivity index (χ1n) is 8.76. The molecule has 2 aromatic carbocycles. The normalized spacial score (nSPS) is 11.9. The molecule has 4 rings (SSSR count). The number of aromatic nitrogens is 2. The van der Waals surface area contributed by atoms with E-state index in [1.54, 1.807) is 12.1 Å². The van der Waals surface area contributed by atoms with Gasteiger partial charge in [0.15, 0.2) is 0 Å². The zero-order chi connectivity index (χ0) is 20.4. The number of nitrogens with zero attached hydrogens (tertiary/aromatic N) is 1. The Kier molecular flexibility index (Phi) is 4.91. The Morgan fingerprint density at radius 2 is 1.55 bits per heavy atom. The molecule has 8 nitrogen and oxygen atoms in total. The van der Waals surface area contributed by atoms with Crippen molar-refractivity contribution in [2.24, 2.45) is 0 Å². The Balaban J connectivity index is 1.77. The number of fused-ring (bicyclic) bond motifs is 1. The van der Waals surface area contributed by atoms with Gasteiger partial charge in [-0.3, -0.25) is 9.59 Å². The highest BCUT2D eigenvalue weighted by Crippen LogP contribution is 2.23. The quantitative estimate of drug-likeness (QED) is 0.472. The van der Waals surface area contributed by atoms with Crippen LogP contribution in [0.1, 0.15) is 11.3 Å². The van der Waals surface area contributed by atoms with Gasteiger partial charge in [-0.1, -0.05) is 30.3 Å². The Labute approximate surface area is 165 Å². The first kappa shape index (κ1) is 18.9. The number of rotatable bonds is 6. The fraction of sp³-hybridized carbons (Fsp3) is 0.100. The molecule has 0 aliphatic rings. The van der Waals surface area contributed by atoms with Crippen LogP contribution in [-0.2, 0) is 23.1 Å². The number of H-pyrrole nitrogens is 2. The Bertz CT molecular complexity index is 1360. The summed E-state index contributed by atoms with van der Waals surface area (Å²) >= 11 is 0. The van der Waals surface area contributed by atoms with E-state index in [-0.39, 0.29) is 23.5 Å². The second-order valence-electron chi connectivity index (χ2n) is 6.45. The average Bonchev–Trinajstić information content (AvgIpc) is 3.22. The fourth-order valence-electron chi connectivity index (χ4n) is 2.99. The van der Waals surface area contributed by atoms with E-state index in [9.17, 15) is 18.0 Å². The van der Waals surface area contributed by atoms with Gasteiger partial charge in [0.05, 0.1) is 28.7 Å². The predicted molar refractivity (Wildman–Crippen MR) is 107 cm³/mol. The summed E-state index contributed by atoms with van der Waals surface area (Å²) in [6.07, 6.45) is 1.49. The molecule has 9 heteroatoms. The third-order valence-electron chi connectivity index (χ3n) is 4.45. The Morgan fingerprint density at radius 3 is 2.24 bits per heavy atom. The van der Waals surface area contributed by atoms with E-state index in [2.05, 4.69) is 9.97 Å². The van der Waals surface area contributed by atoms with Crippen molar-refractivity contribution >= 4 is 21.1 Å². The summed E-state index contributed by atoms with van der Waals surface area (Å²) < 4.78 is 33.4. The maximum absolute atomic E-state index is 13.4. The molecule has 2 aromatic heterocycles. The van der Waals surface area contributed by atoms with Crippen molar-refractivity contribution in [3.63, 3.8) is 0 Å². The standard InChI is InChI=1S/C20H17N3O5S/c24-19-20(25)22-18-11-16(8-9-17(18)21-19)29(26,27)23(13-15-7-4-10-28-15)12-14-5-2-1-3-6-14/h1-11H,12-13H2,(H,21,24)(H,22,25). The molecule has 0 atom stereocenters. The number of hydrogen-bond acceptors (Lipinski definition) is 5. The monoisotopic (exact) mass is 411 g/mol. The molecule has 2 N–H and O–H groups in total. The summed E-state index contributed by atoms with van der Waals surface area (Å²) in [7, 11) is -3.93. The number of nitrogens with one attached hydrogen (secondary N) is 2. The molecule has 2 heterocycles. The van der Waals surface area contributed by atoms with E-state index in [1.165, 1.54) is 28.8 Å². The summed E-state index contributed by atoms with van der Waals surface area (Å²) in [4.78, 5) is 27.9. The summed E-state index contributed by atoms with van der Waals surface area (Å²) in [6, 6.07) is 16.8. The molecule has 0 fully saturated rings. The Morgan fingerprint density at radius 1 is 0.828 bits per heavy atom. The van der Waals surface area contributed by atoms with E-state index in [1.807, 2.05) is 30.3 Å². The Hall–Kier alpha value is -3.43. The summed E-state index contributed by atoms with van der Waals surface area (Å²) in [5.74, 6) is 0.503. The topological polar surface area (TPSA) is 116 Å². The number of sulfonamides is 1. The van der Waals surface area contributed by atoms with Crippen molar-refractivity contribution in [3.8, 4) is 0 Å². The smallest absolute Gasteiger partial charge is 0.314 e. The highest BCUT2D eigenvalue weighted by molar-refractivity contribution is 7.89. The van der Waals surface area contributed by atoms with Crippen molar-refractivity contribution in [2.75, 3.05) is 0 Å². The van der Waals surface area contributed by atoms with Crippen LogP contribution in [0.2, 0.25) is 0 Å². The molecule has 0 radical (unpaired) electrons. The first-order valence-corrected chi connectivity index (χ1v) is 10.2. The van der Waals surface area contributed by atoms with Crippen LogP contribution in [0.15, 0.2) is 85.8 Å². The molecule has 0 saturated heterocycles. The lowest BCUT2D eigenvalue weighted by molar-refractivity contribution is 0.358. The molecule has 0 unspecified atom stereocenters. The van der Waals surface area contributed by atoms with Gasteiger partial charge in [0, 0.05) is 6.54 Å². The van der Waals surface area contributed by atoms with Gasteiger partial charge >= 0.3 is 11.1 Å². The lowest BCUT2D eigenvalue weighted by Crippen LogP contribution is -2.31. The third kappa shape index (κ3) is 3.91. The van der Waals surface area contributed by atoms with Gasteiger partial charge in [0.1, 0.15) is 5.76 Å². The third-order valence-corrected chi connectivity index (χ3v) is 6.23. The van der Waals surface area contributed by atoms with Gasteiger partial charge < -0.3 is 14.4 Å². The fourth-order valence-corrected chi connectivity index (χ4v) is 4.41. The lowest BCUT2D eigenvalue weighted by atomic mass is 10.2. The van der Waals surface area contributed by atoms with Gasteiger partial charge in [0.2, 0.25) is 10.0 Å². The molecule has 4 aromatic rings. The molecule has 0 amide bonds. The number of hydrogen-bond donors (Lipinski definition) is 2. The summed E-state index contributed by atoms with van der Waals surface area (Å²) in [5.41, 5.74) is -0.246. The van der Waals surface area contributed by atoms with E-state index in [0.717, 1.165) is 5.56 Å². The summed E-state index contributed by atoms with van der Waals surface area (Å²) in [5, 5.41) is 0.